The summed E-state index contributed by atoms with van der Waals surface area (Å²) in [7, 11) is 4.84. The molecule has 0 aliphatic heterocycles. The van der Waals surface area contributed by atoms with Crippen LogP contribution in [0.5, 0.6) is 5.75 Å². The van der Waals surface area contributed by atoms with Crippen LogP contribution in [0.1, 0.15) is 16.8 Å². The number of nitrogens with two attached hydrogens (primary N) is 1. The van der Waals surface area contributed by atoms with Crippen molar-refractivity contribution in [3.8, 4) is 5.75 Å². The molecule has 0 aliphatic carbocycles. The van der Waals surface area contributed by atoms with E-state index in [0.29, 0.717) is 35.2 Å². The second-order valence-electron chi connectivity index (χ2n) is 4.15. The van der Waals surface area contributed by atoms with Crippen molar-refractivity contribution in [2.45, 2.75) is 6.42 Å². The van der Waals surface area contributed by atoms with Crippen molar-refractivity contribution in [3.63, 3.8) is 0 Å². The molecule has 0 unspecified atom stereocenters. The average molecular weight is 323 g/mol. The highest BCUT2D eigenvalue weighted by molar-refractivity contribution is 6.33. The molecule has 0 bridgehead atoms. The standard InChI is InChI=1S/C13H19ClN2O3.ClH/c1-16(5-4-6-18-2)13(17)9-7-10(14)11(15)8-12(9)19-3;/h7-8H,4-6,15H2,1-3H3;1H. The van der Waals surface area contributed by atoms with Crippen LogP contribution >= 0.6 is 24.0 Å². The number of methoxy groups -OCH3 is 2. The lowest BCUT2D eigenvalue weighted by Gasteiger charge is -2.19. The third kappa shape index (κ3) is 4.74. The highest BCUT2D eigenvalue weighted by Crippen LogP contribution is 2.29. The van der Waals surface area contributed by atoms with Crippen LogP contribution in [0.2, 0.25) is 5.02 Å². The van der Waals surface area contributed by atoms with Gasteiger partial charge in [0.2, 0.25) is 0 Å². The lowest BCUT2D eigenvalue weighted by molar-refractivity contribution is 0.0776. The van der Waals surface area contributed by atoms with Crippen LogP contribution in [-0.2, 0) is 4.74 Å². The molecule has 5 nitrogen and oxygen atoms in total. The van der Waals surface area contributed by atoms with E-state index in [-0.39, 0.29) is 18.3 Å². The monoisotopic (exact) mass is 322 g/mol. The van der Waals surface area contributed by atoms with Gasteiger partial charge in [0, 0.05) is 33.4 Å². The van der Waals surface area contributed by atoms with E-state index in [2.05, 4.69) is 0 Å². The minimum atomic E-state index is -0.158. The lowest BCUT2D eigenvalue weighted by atomic mass is 10.1. The molecule has 1 aromatic rings. The van der Waals surface area contributed by atoms with E-state index in [1.165, 1.54) is 13.2 Å². The quantitative estimate of drug-likeness (QED) is 0.645. The lowest BCUT2D eigenvalue weighted by Crippen LogP contribution is -2.28. The molecule has 0 radical (unpaired) electrons. The number of rotatable bonds is 6. The molecule has 1 rings (SSSR count). The van der Waals surface area contributed by atoms with Crippen molar-refractivity contribution in [3.05, 3.63) is 22.7 Å². The molecular weight excluding hydrogens is 303 g/mol. The maximum Gasteiger partial charge on any atom is 0.257 e. The van der Waals surface area contributed by atoms with E-state index >= 15 is 0 Å². The number of nitrogens with zero attached hydrogens (tertiary/aromatic N) is 1. The van der Waals surface area contributed by atoms with Crippen molar-refractivity contribution in [1.29, 1.82) is 0 Å². The van der Waals surface area contributed by atoms with Crippen LogP contribution in [-0.4, -0.2) is 45.2 Å². The largest absolute Gasteiger partial charge is 0.496 e. The summed E-state index contributed by atoms with van der Waals surface area (Å²) >= 11 is 5.95. The third-order valence-electron chi connectivity index (χ3n) is 2.74. The third-order valence-corrected chi connectivity index (χ3v) is 3.07. The predicted octanol–water partition coefficient (Wildman–Crippen LogP) is 2.46. The Bertz CT molecular complexity index is 455. The molecule has 0 heterocycles. The van der Waals surface area contributed by atoms with Crippen LogP contribution in [0, 0.1) is 0 Å². The minimum absolute atomic E-state index is 0. The van der Waals surface area contributed by atoms with Gasteiger partial charge in [-0.3, -0.25) is 4.79 Å². The van der Waals surface area contributed by atoms with Gasteiger partial charge in [-0.1, -0.05) is 11.6 Å². The number of carbonyl (C=O) groups is 1. The molecule has 0 aromatic heterocycles. The Morgan fingerprint density at radius 3 is 2.60 bits per heavy atom. The normalized spacial score (nSPS) is 9.80. The van der Waals surface area contributed by atoms with Crippen LogP contribution in [0.25, 0.3) is 0 Å². The van der Waals surface area contributed by atoms with Gasteiger partial charge in [0.25, 0.3) is 5.91 Å². The van der Waals surface area contributed by atoms with Gasteiger partial charge in [-0.2, -0.15) is 0 Å². The van der Waals surface area contributed by atoms with Crippen molar-refractivity contribution in [2.75, 3.05) is 40.2 Å². The Morgan fingerprint density at radius 2 is 2.05 bits per heavy atom. The second-order valence-corrected chi connectivity index (χ2v) is 4.55. The fraction of sp³-hybridized carbons (Fsp3) is 0.462. The zero-order valence-corrected chi connectivity index (χ0v) is 13.4. The molecule has 0 atom stereocenters. The molecule has 0 aliphatic rings. The van der Waals surface area contributed by atoms with Crippen molar-refractivity contribution >= 4 is 35.6 Å². The van der Waals surface area contributed by atoms with Gasteiger partial charge in [-0.05, 0) is 12.5 Å². The van der Waals surface area contributed by atoms with Gasteiger partial charge in [0.1, 0.15) is 5.75 Å². The van der Waals surface area contributed by atoms with E-state index in [1.54, 1.807) is 25.1 Å². The number of nitrogen functional groups attached to an aromatic ring is 1. The SMILES string of the molecule is COCCCN(C)C(=O)c1cc(Cl)c(N)cc1OC.Cl. The molecule has 2 N–H and O–H groups in total. The van der Waals surface area contributed by atoms with E-state index in [9.17, 15) is 4.79 Å². The summed E-state index contributed by atoms with van der Waals surface area (Å²) < 4.78 is 10.1. The molecular formula is C13H20Cl2N2O3. The van der Waals surface area contributed by atoms with E-state index in [0.717, 1.165) is 6.42 Å². The first kappa shape index (κ1) is 18.8. The van der Waals surface area contributed by atoms with Crippen molar-refractivity contribution in [1.82, 2.24) is 4.90 Å². The predicted molar refractivity (Wildman–Crippen MR) is 83.1 cm³/mol. The number of ether oxygens (including phenoxy) is 2. The smallest absolute Gasteiger partial charge is 0.257 e. The number of hydrogen-bond acceptors (Lipinski definition) is 4. The molecule has 114 valence electrons. The Hall–Kier alpha value is -1.17. The number of benzene rings is 1. The number of hydrogen-bond donors (Lipinski definition) is 1. The van der Waals surface area contributed by atoms with E-state index in [1.807, 2.05) is 0 Å². The van der Waals surface area contributed by atoms with Gasteiger partial charge in [-0.25, -0.2) is 0 Å². The maximum absolute atomic E-state index is 12.3. The number of carbonyl (C=O) groups excluding carboxylic acids is 1. The minimum Gasteiger partial charge on any atom is -0.496 e. The van der Waals surface area contributed by atoms with Gasteiger partial charge in [0.15, 0.2) is 0 Å². The first-order valence-corrected chi connectivity index (χ1v) is 6.26. The van der Waals surface area contributed by atoms with Crippen molar-refractivity contribution in [2.24, 2.45) is 0 Å². The van der Waals surface area contributed by atoms with Gasteiger partial charge < -0.3 is 20.1 Å². The van der Waals surface area contributed by atoms with Crippen molar-refractivity contribution < 1.29 is 14.3 Å². The van der Waals surface area contributed by atoms with Crippen LogP contribution < -0.4 is 10.5 Å². The molecule has 1 amide bonds. The molecule has 1 aromatic carbocycles. The maximum atomic E-state index is 12.3. The fourth-order valence-corrected chi connectivity index (χ4v) is 1.82. The summed E-state index contributed by atoms with van der Waals surface area (Å²) in [6.07, 6.45) is 0.768. The summed E-state index contributed by atoms with van der Waals surface area (Å²) in [4.78, 5) is 13.9. The Kier molecular flexibility index (Phi) is 8.37. The summed E-state index contributed by atoms with van der Waals surface area (Å²) in [6, 6.07) is 3.09. The second kappa shape index (κ2) is 8.89. The van der Waals surface area contributed by atoms with Crippen LogP contribution in [0.3, 0.4) is 0 Å². The van der Waals surface area contributed by atoms with E-state index < -0.39 is 0 Å². The zero-order chi connectivity index (χ0) is 14.4. The van der Waals surface area contributed by atoms with E-state index in [4.69, 9.17) is 26.8 Å². The molecule has 0 spiro atoms. The number of halogens is 2. The fourth-order valence-electron chi connectivity index (χ4n) is 1.66. The summed E-state index contributed by atoms with van der Waals surface area (Å²) in [6.45, 7) is 1.20. The summed E-state index contributed by atoms with van der Waals surface area (Å²) in [5.74, 6) is 0.264. The highest BCUT2D eigenvalue weighted by Gasteiger charge is 2.18. The van der Waals surface area contributed by atoms with Gasteiger partial charge >= 0.3 is 0 Å². The Balaban J connectivity index is 0.00000361. The zero-order valence-electron chi connectivity index (χ0n) is 11.8. The molecule has 0 saturated carbocycles. The number of amides is 1. The van der Waals surface area contributed by atoms with Crippen LogP contribution in [0.15, 0.2) is 12.1 Å². The topological polar surface area (TPSA) is 64.8 Å². The number of anilines is 1. The molecule has 7 heteroatoms. The average Bonchev–Trinajstić information content (AvgIpc) is 2.40. The van der Waals surface area contributed by atoms with Gasteiger partial charge in [0.05, 0.1) is 23.4 Å². The highest BCUT2D eigenvalue weighted by atomic mass is 35.5. The molecule has 0 saturated heterocycles. The van der Waals surface area contributed by atoms with Gasteiger partial charge in [-0.15, -0.1) is 12.4 Å². The first-order valence-electron chi connectivity index (χ1n) is 5.88. The molecule has 0 fully saturated rings. The Labute approximate surface area is 130 Å². The van der Waals surface area contributed by atoms with Crippen LogP contribution in [0.4, 0.5) is 5.69 Å². The Morgan fingerprint density at radius 1 is 1.40 bits per heavy atom. The first-order chi connectivity index (χ1) is 9.01. The summed E-state index contributed by atoms with van der Waals surface area (Å²) in [5.41, 5.74) is 6.48. The summed E-state index contributed by atoms with van der Waals surface area (Å²) in [5, 5.41) is 0.342. The molecule has 20 heavy (non-hydrogen) atoms.